The second-order valence-corrected chi connectivity index (χ2v) is 4.15. The SMILES string of the molecule is Cn1c(Br)nc([N+](=O)[O-])c1Nc1cccc(N)n1. The van der Waals surface area contributed by atoms with Crippen LogP contribution in [0.4, 0.5) is 23.3 Å². The molecule has 2 rings (SSSR count). The van der Waals surface area contributed by atoms with Gasteiger partial charge in [0.15, 0.2) is 0 Å². The van der Waals surface area contributed by atoms with E-state index in [2.05, 4.69) is 31.2 Å². The Morgan fingerprint density at radius 3 is 2.83 bits per heavy atom. The predicted octanol–water partition coefficient (Wildman–Crippen LogP) is 1.81. The number of hydrogen-bond acceptors (Lipinski definition) is 6. The van der Waals surface area contributed by atoms with Crippen molar-refractivity contribution in [2.45, 2.75) is 0 Å². The molecule has 2 heterocycles. The third-order valence-electron chi connectivity index (χ3n) is 2.21. The molecule has 0 unspecified atom stereocenters. The van der Waals surface area contributed by atoms with Gasteiger partial charge in [-0.15, -0.1) is 0 Å². The molecule has 18 heavy (non-hydrogen) atoms. The van der Waals surface area contributed by atoms with Crippen molar-refractivity contribution in [1.82, 2.24) is 14.5 Å². The monoisotopic (exact) mass is 312 g/mol. The van der Waals surface area contributed by atoms with Gasteiger partial charge in [-0.05, 0) is 22.0 Å². The summed E-state index contributed by atoms with van der Waals surface area (Å²) in [7, 11) is 1.64. The van der Waals surface area contributed by atoms with Crippen molar-refractivity contribution in [3.05, 3.63) is 33.0 Å². The number of nitro groups is 1. The Bertz CT molecular complexity index is 611. The lowest BCUT2D eigenvalue weighted by molar-refractivity contribution is -0.388. The number of nitrogen functional groups attached to an aromatic ring is 1. The van der Waals surface area contributed by atoms with E-state index in [0.29, 0.717) is 16.4 Å². The standard InChI is InChI=1S/C9H9BrN6O2/c1-15-7(8(16(17)18)14-9(15)10)13-6-4-2-3-5(11)12-6/h2-4H,1H3,(H3,11,12,13). The zero-order valence-electron chi connectivity index (χ0n) is 9.29. The number of pyridine rings is 1. The van der Waals surface area contributed by atoms with Gasteiger partial charge in [0.25, 0.3) is 4.73 Å². The quantitative estimate of drug-likeness (QED) is 0.660. The third-order valence-corrected chi connectivity index (χ3v) is 2.92. The Hall–Kier alpha value is -2.16. The van der Waals surface area contributed by atoms with Gasteiger partial charge in [0.1, 0.15) is 11.6 Å². The van der Waals surface area contributed by atoms with Crippen LogP contribution in [-0.2, 0) is 7.05 Å². The fraction of sp³-hybridized carbons (Fsp3) is 0.111. The first kappa shape index (κ1) is 12.3. The normalized spacial score (nSPS) is 10.3. The van der Waals surface area contributed by atoms with Crippen LogP contribution in [0.15, 0.2) is 22.9 Å². The molecule has 0 saturated heterocycles. The van der Waals surface area contributed by atoms with E-state index in [9.17, 15) is 10.1 Å². The van der Waals surface area contributed by atoms with E-state index in [-0.39, 0.29) is 11.6 Å². The molecule has 0 bridgehead atoms. The number of nitrogens with zero attached hydrogens (tertiary/aromatic N) is 4. The molecule has 94 valence electrons. The van der Waals surface area contributed by atoms with E-state index >= 15 is 0 Å². The number of rotatable bonds is 3. The van der Waals surface area contributed by atoms with Gasteiger partial charge in [-0.25, -0.2) is 4.98 Å². The average Bonchev–Trinajstić information content (AvgIpc) is 2.57. The molecule has 0 spiro atoms. The van der Waals surface area contributed by atoms with E-state index in [1.165, 1.54) is 4.57 Å². The van der Waals surface area contributed by atoms with Crippen LogP contribution in [0.25, 0.3) is 0 Å². The minimum absolute atomic E-state index is 0.227. The van der Waals surface area contributed by atoms with Gasteiger partial charge in [-0.1, -0.05) is 6.07 Å². The fourth-order valence-corrected chi connectivity index (χ4v) is 1.71. The number of hydrogen-bond donors (Lipinski definition) is 2. The molecule has 0 aromatic carbocycles. The number of aromatic nitrogens is 3. The van der Waals surface area contributed by atoms with Gasteiger partial charge < -0.3 is 21.2 Å². The molecule has 0 amide bonds. The smallest absolute Gasteiger partial charge is 0.384 e. The largest absolute Gasteiger partial charge is 0.408 e. The summed E-state index contributed by atoms with van der Waals surface area (Å²) in [4.78, 5) is 18.1. The molecular formula is C9H9BrN6O2. The summed E-state index contributed by atoms with van der Waals surface area (Å²) >= 11 is 3.13. The van der Waals surface area contributed by atoms with Crippen molar-refractivity contribution in [3.8, 4) is 0 Å². The van der Waals surface area contributed by atoms with E-state index < -0.39 is 4.92 Å². The molecule has 2 aromatic rings. The molecule has 0 aliphatic carbocycles. The van der Waals surface area contributed by atoms with Gasteiger partial charge in [0.05, 0.1) is 0 Å². The summed E-state index contributed by atoms with van der Waals surface area (Å²) < 4.78 is 1.85. The van der Waals surface area contributed by atoms with Gasteiger partial charge in [0, 0.05) is 23.0 Å². The summed E-state index contributed by atoms with van der Waals surface area (Å²) in [6, 6.07) is 4.97. The van der Waals surface area contributed by atoms with Crippen LogP contribution in [0.1, 0.15) is 0 Å². The maximum absolute atomic E-state index is 10.9. The van der Waals surface area contributed by atoms with Crippen LogP contribution < -0.4 is 11.1 Å². The third kappa shape index (κ3) is 2.25. The maximum Gasteiger partial charge on any atom is 0.408 e. The Labute approximate surface area is 110 Å². The highest BCUT2D eigenvalue weighted by molar-refractivity contribution is 9.10. The molecule has 0 radical (unpaired) electrons. The Balaban J connectivity index is 2.42. The molecule has 0 aliphatic rings. The molecule has 0 atom stereocenters. The molecule has 0 fully saturated rings. The molecule has 0 aliphatic heterocycles. The van der Waals surface area contributed by atoms with Crippen LogP contribution in [0.3, 0.4) is 0 Å². The zero-order chi connectivity index (χ0) is 13.3. The topological polar surface area (TPSA) is 112 Å². The van der Waals surface area contributed by atoms with Crippen LogP contribution in [0.2, 0.25) is 0 Å². The Morgan fingerprint density at radius 2 is 2.22 bits per heavy atom. The van der Waals surface area contributed by atoms with Gasteiger partial charge >= 0.3 is 5.82 Å². The molecule has 8 nitrogen and oxygen atoms in total. The van der Waals surface area contributed by atoms with Crippen molar-refractivity contribution in [2.75, 3.05) is 11.1 Å². The van der Waals surface area contributed by atoms with Crippen molar-refractivity contribution < 1.29 is 4.92 Å². The van der Waals surface area contributed by atoms with Gasteiger partial charge in [-0.2, -0.15) is 0 Å². The highest BCUT2D eigenvalue weighted by Gasteiger charge is 2.24. The van der Waals surface area contributed by atoms with Crippen molar-refractivity contribution in [2.24, 2.45) is 7.05 Å². The molecule has 2 aromatic heterocycles. The summed E-state index contributed by atoms with van der Waals surface area (Å²) in [5, 5.41) is 13.7. The predicted molar refractivity (Wildman–Crippen MR) is 69.5 cm³/mol. The van der Waals surface area contributed by atoms with Crippen molar-refractivity contribution in [1.29, 1.82) is 0 Å². The number of nitrogens with one attached hydrogen (secondary N) is 1. The lowest BCUT2D eigenvalue weighted by atomic mass is 10.4. The van der Waals surface area contributed by atoms with Crippen LogP contribution >= 0.6 is 15.9 Å². The first-order chi connectivity index (χ1) is 8.49. The molecule has 0 saturated carbocycles. The maximum atomic E-state index is 10.9. The summed E-state index contributed by atoms with van der Waals surface area (Å²) in [5.41, 5.74) is 5.54. The fourth-order valence-electron chi connectivity index (χ4n) is 1.37. The minimum Gasteiger partial charge on any atom is -0.384 e. The minimum atomic E-state index is -0.570. The zero-order valence-corrected chi connectivity index (χ0v) is 10.9. The summed E-state index contributed by atoms with van der Waals surface area (Å²) in [6.07, 6.45) is 0. The van der Waals surface area contributed by atoms with Crippen LogP contribution in [0, 0.1) is 10.1 Å². The number of imidazole rings is 1. The van der Waals surface area contributed by atoms with Gasteiger partial charge in [0.2, 0.25) is 5.82 Å². The highest BCUT2D eigenvalue weighted by Crippen LogP contribution is 2.29. The van der Waals surface area contributed by atoms with Gasteiger partial charge in [-0.3, -0.25) is 4.57 Å². The van der Waals surface area contributed by atoms with Crippen molar-refractivity contribution in [3.63, 3.8) is 0 Å². The van der Waals surface area contributed by atoms with E-state index in [4.69, 9.17) is 5.73 Å². The first-order valence-corrected chi connectivity index (χ1v) is 5.64. The molecule has 9 heteroatoms. The van der Waals surface area contributed by atoms with E-state index in [1.54, 1.807) is 25.2 Å². The molecule has 3 N–H and O–H groups in total. The number of halogens is 1. The second kappa shape index (κ2) is 4.61. The average molecular weight is 313 g/mol. The summed E-state index contributed by atoms with van der Waals surface area (Å²) in [5.74, 6) is 0.677. The second-order valence-electron chi connectivity index (χ2n) is 3.44. The first-order valence-electron chi connectivity index (χ1n) is 4.85. The van der Waals surface area contributed by atoms with E-state index in [1.807, 2.05) is 0 Å². The Morgan fingerprint density at radius 1 is 1.50 bits per heavy atom. The molecular weight excluding hydrogens is 304 g/mol. The van der Waals surface area contributed by atoms with E-state index in [0.717, 1.165) is 0 Å². The lowest BCUT2D eigenvalue weighted by Crippen LogP contribution is -2.03. The number of nitrogens with two attached hydrogens (primary N) is 1. The summed E-state index contributed by atoms with van der Waals surface area (Å²) in [6.45, 7) is 0. The Kier molecular flexibility index (Phi) is 3.15. The van der Waals surface area contributed by atoms with Crippen LogP contribution in [-0.4, -0.2) is 19.5 Å². The van der Waals surface area contributed by atoms with Crippen LogP contribution in [0.5, 0.6) is 0 Å². The lowest BCUT2D eigenvalue weighted by Gasteiger charge is -2.05. The highest BCUT2D eigenvalue weighted by atomic mass is 79.9. The van der Waals surface area contributed by atoms with Crippen molar-refractivity contribution >= 4 is 39.2 Å². The number of anilines is 3.